The van der Waals surface area contributed by atoms with Crippen LogP contribution in [0.5, 0.6) is 0 Å². The molecule has 1 amide bonds. The summed E-state index contributed by atoms with van der Waals surface area (Å²) in [5.74, 6) is -0.591. The molecule has 0 fully saturated rings. The summed E-state index contributed by atoms with van der Waals surface area (Å²) in [7, 11) is 1.62. The minimum Gasteiger partial charge on any atom is -0.464 e. The van der Waals surface area contributed by atoms with Crippen LogP contribution in [-0.2, 0) is 14.3 Å². The molecule has 1 atom stereocenters. The van der Waals surface area contributed by atoms with E-state index in [1.165, 1.54) is 11.0 Å². The average molecular weight is 259 g/mol. The molecule has 0 N–H and O–H groups in total. The first-order chi connectivity index (χ1) is 9.15. The highest BCUT2D eigenvalue weighted by molar-refractivity contribution is 5.98. The molecule has 2 aliphatic rings. The van der Waals surface area contributed by atoms with Crippen LogP contribution < -0.4 is 0 Å². The SMILES string of the molecule is CCOC(=O)C1C(C2C=CC=CC=C2)=CC(=O)N1C. The van der Waals surface area contributed by atoms with Gasteiger partial charge in [-0.25, -0.2) is 4.79 Å². The van der Waals surface area contributed by atoms with Gasteiger partial charge >= 0.3 is 5.97 Å². The van der Waals surface area contributed by atoms with Gasteiger partial charge in [0.2, 0.25) is 5.91 Å². The van der Waals surface area contributed by atoms with E-state index in [0.717, 1.165) is 5.57 Å². The van der Waals surface area contributed by atoms with Crippen LogP contribution in [0.25, 0.3) is 0 Å². The molecule has 0 radical (unpaired) electrons. The van der Waals surface area contributed by atoms with E-state index in [1.54, 1.807) is 14.0 Å². The number of esters is 1. The van der Waals surface area contributed by atoms with E-state index >= 15 is 0 Å². The standard InChI is InChI=1S/C15H17NO3/c1-3-19-15(18)14-12(10-13(17)16(14)2)11-8-6-4-5-7-9-11/h4-11,14H,3H2,1-2H3. The predicted molar refractivity (Wildman–Crippen MR) is 72.2 cm³/mol. The Hall–Kier alpha value is -2.10. The van der Waals surface area contributed by atoms with Crippen molar-refractivity contribution in [2.24, 2.45) is 5.92 Å². The fourth-order valence-corrected chi connectivity index (χ4v) is 2.25. The lowest BCUT2D eigenvalue weighted by atomic mass is 9.93. The Morgan fingerprint density at radius 1 is 1.26 bits per heavy atom. The Labute approximate surface area is 112 Å². The monoisotopic (exact) mass is 259 g/mol. The highest BCUT2D eigenvalue weighted by Gasteiger charge is 2.38. The van der Waals surface area contributed by atoms with Gasteiger partial charge in [0.05, 0.1) is 6.61 Å². The number of allylic oxidation sites excluding steroid dienone is 6. The maximum atomic E-state index is 12.0. The molecular formula is C15H17NO3. The molecule has 19 heavy (non-hydrogen) atoms. The normalized spacial score (nSPS) is 22.6. The molecule has 0 bridgehead atoms. The second-order valence-corrected chi connectivity index (χ2v) is 4.43. The number of hydrogen-bond donors (Lipinski definition) is 0. The lowest BCUT2D eigenvalue weighted by molar-refractivity contribution is -0.149. The summed E-state index contributed by atoms with van der Waals surface area (Å²) in [4.78, 5) is 25.3. The molecule has 0 aromatic rings. The lowest BCUT2D eigenvalue weighted by Crippen LogP contribution is -2.40. The Morgan fingerprint density at radius 2 is 1.89 bits per heavy atom. The topological polar surface area (TPSA) is 46.6 Å². The Balaban J connectivity index is 2.28. The molecule has 0 saturated heterocycles. The van der Waals surface area contributed by atoms with E-state index in [0.29, 0.717) is 6.61 Å². The third kappa shape index (κ3) is 2.67. The van der Waals surface area contributed by atoms with Gasteiger partial charge in [0, 0.05) is 19.0 Å². The lowest BCUT2D eigenvalue weighted by Gasteiger charge is -2.23. The van der Waals surface area contributed by atoms with Gasteiger partial charge in [-0.2, -0.15) is 0 Å². The first kappa shape index (κ1) is 13.3. The molecule has 4 nitrogen and oxygen atoms in total. The smallest absolute Gasteiger partial charge is 0.333 e. The van der Waals surface area contributed by atoms with Crippen LogP contribution in [0.1, 0.15) is 6.92 Å². The van der Waals surface area contributed by atoms with Crippen LogP contribution in [0.15, 0.2) is 48.1 Å². The molecular weight excluding hydrogens is 242 g/mol. The summed E-state index contributed by atoms with van der Waals surface area (Å²) in [5, 5.41) is 0. The summed E-state index contributed by atoms with van der Waals surface area (Å²) in [6.07, 6.45) is 13.1. The van der Waals surface area contributed by atoms with Crippen molar-refractivity contribution in [1.82, 2.24) is 4.90 Å². The molecule has 1 aliphatic heterocycles. The van der Waals surface area contributed by atoms with Crippen molar-refractivity contribution in [2.75, 3.05) is 13.7 Å². The number of amides is 1. The molecule has 100 valence electrons. The minimum absolute atomic E-state index is 0.0571. The largest absolute Gasteiger partial charge is 0.464 e. The van der Waals surface area contributed by atoms with Crippen molar-refractivity contribution in [1.29, 1.82) is 0 Å². The van der Waals surface area contributed by atoms with E-state index in [9.17, 15) is 9.59 Å². The predicted octanol–water partition coefficient (Wildman–Crippen LogP) is 1.61. The van der Waals surface area contributed by atoms with E-state index in [4.69, 9.17) is 4.74 Å². The van der Waals surface area contributed by atoms with Crippen molar-refractivity contribution in [3.05, 3.63) is 48.1 Å². The Morgan fingerprint density at radius 3 is 2.47 bits per heavy atom. The quantitative estimate of drug-likeness (QED) is 0.723. The minimum atomic E-state index is -0.621. The molecule has 0 aromatic heterocycles. The van der Waals surface area contributed by atoms with E-state index in [1.807, 2.05) is 36.5 Å². The second-order valence-electron chi connectivity index (χ2n) is 4.43. The van der Waals surface area contributed by atoms with Crippen molar-refractivity contribution in [3.8, 4) is 0 Å². The third-order valence-electron chi connectivity index (χ3n) is 3.21. The van der Waals surface area contributed by atoms with Crippen LogP contribution in [0.2, 0.25) is 0 Å². The number of rotatable bonds is 3. The van der Waals surface area contributed by atoms with E-state index in [2.05, 4.69) is 0 Å². The number of carbonyl (C=O) groups excluding carboxylic acids is 2. The van der Waals surface area contributed by atoms with Crippen molar-refractivity contribution < 1.29 is 14.3 Å². The van der Waals surface area contributed by atoms with Crippen molar-refractivity contribution >= 4 is 11.9 Å². The number of ether oxygens (including phenoxy) is 1. The zero-order valence-corrected chi connectivity index (χ0v) is 11.1. The van der Waals surface area contributed by atoms with Gasteiger partial charge in [-0.1, -0.05) is 36.5 Å². The van der Waals surface area contributed by atoms with Gasteiger partial charge in [0.15, 0.2) is 6.04 Å². The zero-order chi connectivity index (χ0) is 13.8. The maximum absolute atomic E-state index is 12.0. The fourth-order valence-electron chi connectivity index (χ4n) is 2.25. The average Bonchev–Trinajstić information content (AvgIpc) is 2.60. The van der Waals surface area contributed by atoms with Crippen LogP contribution >= 0.6 is 0 Å². The first-order valence-electron chi connectivity index (χ1n) is 6.31. The number of nitrogens with zero attached hydrogens (tertiary/aromatic N) is 1. The molecule has 1 heterocycles. The van der Waals surface area contributed by atoms with Gasteiger partial charge in [-0.15, -0.1) is 0 Å². The number of hydrogen-bond acceptors (Lipinski definition) is 3. The highest BCUT2D eigenvalue weighted by Crippen LogP contribution is 2.28. The molecule has 0 saturated carbocycles. The second kappa shape index (κ2) is 5.69. The highest BCUT2D eigenvalue weighted by atomic mass is 16.5. The van der Waals surface area contributed by atoms with Gasteiger partial charge in [-0.05, 0) is 12.5 Å². The molecule has 0 spiro atoms. The van der Waals surface area contributed by atoms with Gasteiger partial charge in [0.25, 0.3) is 0 Å². The fraction of sp³-hybridized carbons (Fsp3) is 0.333. The van der Waals surface area contributed by atoms with Gasteiger partial charge < -0.3 is 9.64 Å². The number of carbonyl (C=O) groups is 2. The maximum Gasteiger partial charge on any atom is 0.333 e. The van der Waals surface area contributed by atoms with Gasteiger partial charge in [0.1, 0.15) is 0 Å². The summed E-state index contributed by atoms with van der Waals surface area (Å²) in [5.41, 5.74) is 0.766. The summed E-state index contributed by atoms with van der Waals surface area (Å²) in [6.45, 7) is 2.07. The summed E-state index contributed by atoms with van der Waals surface area (Å²) < 4.78 is 5.06. The van der Waals surface area contributed by atoms with E-state index < -0.39 is 6.04 Å². The Bertz CT molecular complexity index is 484. The first-order valence-corrected chi connectivity index (χ1v) is 6.31. The molecule has 0 aromatic carbocycles. The summed E-state index contributed by atoms with van der Waals surface area (Å²) in [6, 6.07) is -0.621. The molecule has 1 unspecified atom stereocenters. The molecule has 1 aliphatic carbocycles. The zero-order valence-electron chi connectivity index (χ0n) is 11.1. The third-order valence-corrected chi connectivity index (χ3v) is 3.21. The van der Waals surface area contributed by atoms with Crippen molar-refractivity contribution in [2.45, 2.75) is 13.0 Å². The molecule has 4 heteroatoms. The van der Waals surface area contributed by atoms with E-state index in [-0.39, 0.29) is 17.8 Å². The van der Waals surface area contributed by atoms with Crippen LogP contribution in [0.3, 0.4) is 0 Å². The molecule has 2 rings (SSSR count). The summed E-state index contributed by atoms with van der Waals surface area (Å²) >= 11 is 0. The van der Waals surface area contributed by atoms with Crippen LogP contribution in [0.4, 0.5) is 0 Å². The van der Waals surface area contributed by atoms with Crippen molar-refractivity contribution in [3.63, 3.8) is 0 Å². The number of likely N-dealkylation sites (N-methyl/N-ethyl adjacent to an activating group) is 1. The Kier molecular flexibility index (Phi) is 4.00. The van der Waals surface area contributed by atoms with Gasteiger partial charge in [-0.3, -0.25) is 4.79 Å². The van der Waals surface area contributed by atoms with Crippen LogP contribution in [0, 0.1) is 5.92 Å². The van der Waals surface area contributed by atoms with Crippen LogP contribution in [-0.4, -0.2) is 36.5 Å².